The molecule has 6 heteroatoms. The molecule has 0 aliphatic heterocycles. The lowest BCUT2D eigenvalue weighted by atomic mass is 10.3. The molecule has 2 aromatic rings. The molecule has 4 nitrogen and oxygen atoms in total. The molecule has 0 unspecified atom stereocenters. The summed E-state index contributed by atoms with van der Waals surface area (Å²) in [6, 6.07) is 9.93. The van der Waals surface area contributed by atoms with Crippen LogP contribution in [0.25, 0.3) is 0 Å². The molecule has 1 aromatic heterocycles. The summed E-state index contributed by atoms with van der Waals surface area (Å²) in [5.41, 5.74) is 0. The number of nitrogens with zero attached hydrogens (tertiary/aromatic N) is 2. The number of amides is 1. The third kappa shape index (κ3) is 4.04. The maximum Gasteiger partial charge on any atom is 0.239 e. The predicted molar refractivity (Wildman–Crippen MR) is 79.7 cm³/mol. The zero-order valence-electron chi connectivity index (χ0n) is 10.8. The Morgan fingerprint density at radius 2 is 2.11 bits per heavy atom. The van der Waals surface area contributed by atoms with Crippen LogP contribution >= 0.6 is 23.1 Å². The average molecular weight is 293 g/mol. The summed E-state index contributed by atoms with van der Waals surface area (Å²) < 4.78 is 0. The molecule has 0 aliphatic rings. The standard InChI is InChI=1S/C13H15N3OS2/c1-3-11(19-10-7-5-4-6-8-10)12(17)14-13-16-15-9(2)18-13/h4-8,11H,3H2,1-2H3,(H,14,16,17)/t11-/m0/s1. The van der Waals surface area contributed by atoms with Crippen molar-refractivity contribution in [1.82, 2.24) is 10.2 Å². The van der Waals surface area contributed by atoms with Crippen LogP contribution < -0.4 is 5.32 Å². The van der Waals surface area contributed by atoms with E-state index >= 15 is 0 Å². The van der Waals surface area contributed by atoms with E-state index in [1.165, 1.54) is 11.3 Å². The van der Waals surface area contributed by atoms with Gasteiger partial charge in [0.15, 0.2) is 0 Å². The molecule has 1 N–H and O–H groups in total. The number of carbonyl (C=O) groups is 1. The van der Waals surface area contributed by atoms with Crippen LogP contribution in [0.2, 0.25) is 0 Å². The van der Waals surface area contributed by atoms with Crippen molar-refractivity contribution in [2.24, 2.45) is 0 Å². The fourth-order valence-electron chi connectivity index (χ4n) is 1.52. The second kappa shape index (κ2) is 6.68. The number of benzene rings is 1. The fraction of sp³-hybridized carbons (Fsp3) is 0.308. The molecule has 0 saturated heterocycles. The summed E-state index contributed by atoms with van der Waals surface area (Å²) in [6.45, 7) is 3.87. The van der Waals surface area contributed by atoms with Gasteiger partial charge in [0, 0.05) is 4.90 Å². The Hall–Kier alpha value is -1.40. The van der Waals surface area contributed by atoms with Crippen LogP contribution in [0.1, 0.15) is 18.4 Å². The Balaban J connectivity index is 1.99. The maximum absolute atomic E-state index is 12.2. The average Bonchev–Trinajstić information content (AvgIpc) is 2.82. The van der Waals surface area contributed by atoms with Gasteiger partial charge in [-0.2, -0.15) is 0 Å². The minimum Gasteiger partial charge on any atom is -0.300 e. The molecule has 0 fully saturated rings. The molecule has 0 saturated carbocycles. The van der Waals surface area contributed by atoms with E-state index in [1.807, 2.05) is 44.2 Å². The highest BCUT2D eigenvalue weighted by Gasteiger charge is 2.19. The number of thioether (sulfide) groups is 1. The van der Waals surface area contributed by atoms with Gasteiger partial charge in [-0.15, -0.1) is 22.0 Å². The number of hydrogen-bond donors (Lipinski definition) is 1. The molecule has 1 atom stereocenters. The Labute approximate surface area is 120 Å². The smallest absolute Gasteiger partial charge is 0.239 e. The van der Waals surface area contributed by atoms with Crippen molar-refractivity contribution in [3.63, 3.8) is 0 Å². The SMILES string of the molecule is CC[C@H](Sc1ccccc1)C(=O)Nc1nnc(C)s1. The molecule has 100 valence electrons. The highest BCUT2D eigenvalue weighted by Crippen LogP contribution is 2.26. The first kappa shape index (κ1) is 14.0. The minimum atomic E-state index is -0.119. The van der Waals surface area contributed by atoms with E-state index in [2.05, 4.69) is 15.5 Å². The van der Waals surface area contributed by atoms with Crippen LogP contribution in [0, 0.1) is 6.92 Å². The Morgan fingerprint density at radius 3 is 2.68 bits per heavy atom. The molecule has 0 spiro atoms. The van der Waals surface area contributed by atoms with E-state index in [1.54, 1.807) is 11.8 Å². The van der Waals surface area contributed by atoms with Gasteiger partial charge in [-0.3, -0.25) is 10.1 Å². The summed E-state index contributed by atoms with van der Waals surface area (Å²) in [6.07, 6.45) is 0.767. The lowest BCUT2D eigenvalue weighted by Crippen LogP contribution is -2.24. The molecule has 0 radical (unpaired) electrons. The zero-order valence-corrected chi connectivity index (χ0v) is 12.4. The van der Waals surface area contributed by atoms with E-state index in [9.17, 15) is 4.79 Å². The van der Waals surface area contributed by atoms with Gasteiger partial charge in [-0.25, -0.2) is 0 Å². The third-order valence-electron chi connectivity index (χ3n) is 2.44. The molecule has 2 rings (SSSR count). The molecular weight excluding hydrogens is 278 g/mol. The lowest BCUT2D eigenvalue weighted by molar-refractivity contribution is -0.115. The number of rotatable bonds is 5. The van der Waals surface area contributed by atoms with Gasteiger partial charge in [0.05, 0.1) is 5.25 Å². The molecule has 1 aromatic carbocycles. The van der Waals surface area contributed by atoms with Gasteiger partial charge in [0.2, 0.25) is 11.0 Å². The van der Waals surface area contributed by atoms with Crippen molar-refractivity contribution in [3.05, 3.63) is 35.3 Å². The van der Waals surface area contributed by atoms with Crippen molar-refractivity contribution in [2.75, 3.05) is 5.32 Å². The van der Waals surface area contributed by atoms with Crippen molar-refractivity contribution >= 4 is 34.1 Å². The Morgan fingerprint density at radius 1 is 1.37 bits per heavy atom. The number of nitrogens with one attached hydrogen (secondary N) is 1. The minimum absolute atomic E-state index is 0.0208. The highest BCUT2D eigenvalue weighted by molar-refractivity contribution is 8.00. The van der Waals surface area contributed by atoms with Crippen LogP contribution in [0.5, 0.6) is 0 Å². The molecule has 0 aliphatic carbocycles. The first-order valence-corrected chi connectivity index (χ1v) is 7.71. The van der Waals surface area contributed by atoms with Crippen LogP contribution in [0.15, 0.2) is 35.2 Å². The maximum atomic E-state index is 12.2. The van der Waals surface area contributed by atoms with Crippen molar-refractivity contribution in [3.8, 4) is 0 Å². The van der Waals surface area contributed by atoms with Crippen LogP contribution in [-0.4, -0.2) is 21.4 Å². The van der Waals surface area contributed by atoms with E-state index in [-0.39, 0.29) is 11.2 Å². The topological polar surface area (TPSA) is 54.9 Å². The van der Waals surface area contributed by atoms with Crippen LogP contribution in [-0.2, 0) is 4.79 Å². The second-order valence-electron chi connectivity index (χ2n) is 3.94. The number of aromatic nitrogens is 2. The lowest BCUT2D eigenvalue weighted by Gasteiger charge is -2.13. The van der Waals surface area contributed by atoms with Crippen LogP contribution in [0.4, 0.5) is 5.13 Å². The number of aryl methyl sites for hydroxylation is 1. The fourth-order valence-corrected chi connectivity index (χ4v) is 3.09. The second-order valence-corrected chi connectivity index (χ2v) is 6.40. The first-order chi connectivity index (χ1) is 9.19. The highest BCUT2D eigenvalue weighted by atomic mass is 32.2. The molecule has 19 heavy (non-hydrogen) atoms. The first-order valence-electron chi connectivity index (χ1n) is 6.01. The van der Waals surface area contributed by atoms with E-state index in [0.29, 0.717) is 5.13 Å². The number of carbonyl (C=O) groups excluding carboxylic acids is 1. The monoisotopic (exact) mass is 293 g/mol. The van der Waals surface area contributed by atoms with Crippen molar-refractivity contribution in [2.45, 2.75) is 30.4 Å². The van der Waals surface area contributed by atoms with Crippen molar-refractivity contribution in [1.29, 1.82) is 0 Å². The number of hydrogen-bond acceptors (Lipinski definition) is 5. The van der Waals surface area contributed by atoms with Gasteiger partial charge in [-0.05, 0) is 25.5 Å². The zero-order chi connectivity index (χ0) is 13.7. The largest absolute Gasteiger partial charge is 0.300 e. The quantitative estimate of drug-likeness (QED) is 0.859. The summed E-state index contributed by atoms with van der Waals surface area (Å²) in [7, 11) is 0. The molecule has 0 bridgehead atoms. The van der Waals surface area contributed by atoms with Crippen molar-refractivity contribution < 1.29 is 4.79 Å². The molecule has 1 amide bonds. The van der Waals surface area contributed by atoms with E-state index in [0.717, 1.165) is 16.3 Å². The summed E-state index contributed by atoms with van der Waals surface area (Å²) >= 11 is 2.95. The van der Waals surface area contributed by atoms with Gasteiger partial charge in [0.1, 0.15) is 5.01 Å². The van der Waals surface area contributed by atoms with E-state index in [4.69, 9.17) is 0 Å². The normalized spacial score (nSPS) is 12.1. The Bertz CT molecular complexity index is 542. The third-order valence-corrected chi connectivity index (χ3v) is 4.57. The summed E-state index contributed by atoms with van der Waals surface area (Å²) in [5.74, 6) is -0.0208. The van der Waals surface area contributed by atoms with Gasteiger partial charge in [0.25, 0.3) is 0 Å². The molecular formula is C13H15N3OS2. The van der Waals surface area contributed by atoms with Gasteiger partial charge in [-0.1, -0.05) is 36.5 Å². The van der Waals surface area contributed by atoms with E-state index < -0.39 is 0 Å². The molecule has 1 heterocycles. The summed E-state index contributed by atoms with van der Waals surface area (Å²) in [5, 5.41) is 11.9. The Kier molecular flexibility index (Phi) is 4.93. The van der Waals surface area contributed by atoms with Gasteiger partial charge >= 0.3 is 0 Å². The van der Waals surface area contributed by atoms with Crippen LogP contribution in [0.3, 0.4) is 0 Å². The summed E-state index contributed by atoms with van der Waals surface area (Å²) in [4.78, 5) is 13.3. The predicted octanol–water partition coefficient (Wildman–Crippen LogP) is 3.36. The number of anilines is 1. The van der Waals surface area contributed by atoms with Gasteiger partial charge < -0.3 is 0 Å².